The van der Waals surface area contributed by atoms with Crippen molar-refractivity contribution in [1.29, 1.82) is 0 Å². The molecule has 0 rings (SSSR count). The molecule has 2 unspecified atom stereocenters. The van der Waals surface area contributed by atoms with Crippen molar-refractivity contribution in [3.63, 3.8) is 0 Å². The molecule has 0 aliphatic rings. The normalized spacial score (nSPS) is 14.6. The maximum atomic E-state index is 11.7. The van der Waals surface area contributed by atoms with Crippen LogP contribution in [-0.2, 0) is 9.59 Å². The molecule has 2 atom stereocenters. The number of rotatable bonds is 7. The number of carboxylic acid groups (broad SMARTS) is 1. The Labute approximate surface area is 97.4 Å². The largest absolute Gasteiger partial charge is 0.480 e. The van der Waals surface area contributed by atoms with Crippen LogP contribution in [0.2, 0.25) is 0 Å². The van der Waals surface area contributed by atoms with E-state index in [1.54, 1.807) is 13.8 Å². The van der Waals surface area contributed by atoms with Crippen LogP contribution in [0.1, 0.15) is 47.0 Å². The topological polar surface area (TPSA) is 66.4 Å². The lowest BCUT2D eigenvalue weighted by Crippen LogP contribution is -2.46. The van der Waals surface area contributed by atoms with Crippen molar-refractivity contribution < 1.29 is 14.7 Å². The van der Waals surface area contributed by atoms with Gasteiger partial charge in [-0.2, -0.15) is 0 Å². The van der Waals surface area contributed by atoms with E-state index in [1.807, 2.05) is 6.92 Å². The number of carbonyl (C=O) groups is 2. The predicted octanol–water partition coefficient (Wildman–Crippen LogP) is 2.04. The van der Waals surface area contributed by atoms with Gasteiger partial charge in [0.1, 0.15) is 6.04 Å². The van der Waals surface area contributed by atoms with E-state index in [9.17, 15) is 9.59 Å². The molecule has 0 spiro atoms. The Kier molecular flexibility index (Phi) is 6.77. The average Bonchev–Trinajstić information content (AvgIpc) is 2.20. The van der Waals surface area contributed by atoms with E-state index in [1.165, 1.54) is 0 Å². The molecule has 2 N–H and O–H groups in total. The van der Waals surface area contributed by atoms with E-state index < -0.39 is 12.0 Å². The summed E-state index contributed by atoms with van der Waals surface area (Å²) in [5.41, 5.74) is 0. The second-order valence-electron chi connectivity index (χ2n) is 4.61. The minimum Gasteiger partial charge on any atom is -0.480 e. The van der Waals surface area contributed by atoms with Crippen molar-refractivity contribution >= 4 is 11.9 Å². The first kappa shape index (κ1) is 14.9. The summed E-state index contributed by atoms with van der Waals surface area (Å²) < 4.78 is 0. The van der Waals surface area contributed by atoms with Gasteiger partial charge in [0.05, 0.1) is 0 Å². The van der Waals surface area contributed by atoms with Crippen molar-refractivity contribution in [3.05, 3.63) is 0 Å². The van der Waals surface area contributed by atoms with Gasteiger partial charge in [0, 0.05) is 5.92 Å². The number of hydrogen-bond acceptors (Lipinski definition) is 2. The summed E-state index contributed by atoms with van der Waals surface area (Å²) >= 11 is 0. The van der Waals surface area contributed by atoms with Crippen molar-refractivity contribution in [2.24, 2.45) is 11.8 Å². The van der Waals surface area contributed by atoms with Gasteiger partial charge in [-0.3, -0.25) is 4.79 Å². The van der Waals surface area contributed by atoms with Crippen LogP contribution < -0.4 is 5.32 Å². The molecule has 0 fully saturated rings. The number of nitrogens with one attached hydrogen (secondary N) is 1. The Morgan fingerprint density at radius 3 is 2.19 bits per heavy atom. The van der Waals surface area contributed by atoms with E-state index in [-0.39, 0.29) is 17.7 Å². The van der Waals surface area contributed by atoms with Crippen molar-refractivity contribution in [2.45, 2.75) is 53.0 Å². The zero-order valence-electron chi connectivity index (χ0n) is 10.6. The van der Waals surface area contributed by atoms with Gasteiger partial charge in [0.2, 0.25) is 5.91 Å². The zero-order chi connectivity index (χ0) is 12.7. The SMILES string of the molecule is CCCCC(C)C(=O)NC(C(=O)O)C(C)C. The molecule has 0 aromatic carbocycles. The van der Waals surface area contributed by atoms with Crippen LogP contribution in [0.5, 0.6) is 0 Å². The Morgan fingerprint density at radius 1 is 1.25 bits per heavy atom. The van der Waals surface area contributed by atoms with Crippen LogP contribution >= 0.6 is 0 Å². The van der Waals surface area contributed by atoms with Crippen LogP contribution in [0.25, 0.3) is 0 Å². The molecule has 0 bridgehead atoms. The molecule has 16 heavy (non-hydrogen) atoms. The van der Waals surface area contributed by atoms with Gasteiger partial charge in [0.15, 0.2) is 0 Å². The van der Waals surface area contributed by atoms with Gasteiger partial charge >= 0.3 is 5.97 Å². The highest BCUT2D eigenvalue weighted by Gasteiger charge is 2.25. The predicted molar refractivity (Wildman–Crippen MR) is 63.1 cm³/mol. The smallest absolute Gasteiger partial charge is 0.326 e. The number of amides is 1. The van der Waals surface area contributed by atoms with Gasteiger partial charge in [-0.25, -0.2) is 4.79 Å². The summed E-state index contributed by atoms with van der Waals surface area (Å²) in [4.78, 5) is 22.6. The summed E-state index contributed by atoms with van der Waals surface area (Å²) in [5, 5.41) is 11.5. The minimum absolute atomic E-state index is 0.0974. The fraction of sp³-hybridized carbons (Fsp3) is 0.833. The fourth-order valence-electron chi connectivity index (χ4n) is 1.45. The number of carbonyl (C=O) groups excluding carboxylic acids is 1. The number of unbranched alkanes of at least 4 members (excludes halogenated alkanes) is 1. The summed E-state index contributed by atoms with van der Waals surface area (Å²) in [5.74, 6) is -1.33. The third-order valence-electron chi connectivity index (χ3n) is 2.67. The van der Waals surface area contributed by atoms with E-state index in [2.05, 4.69) is 12.2 Å². The number of hydrogen-bond donors (Lipinski definition) is 2. The van der Waals surface area contributed by atoms with Crippen molar-refractivity contribution in [3.8, 4) is 0 Å². The lowest BCUT2D eigenvalue weighted by atomic mass is 10.0. The van der Waals surface area contributed by atoms with Gasteiger partial charge in [-0.15, -0.1) is 0 Å². The average molecular weight is 229 g/mol. The first-order chi connectivity index (χ1) is 7.40. The van der Waals surface area contributed by atoms with Gasteiger partial charge in [0.25, 0.3) is 0 Å². The van der Waals surface area contributed by atoms with Crippen LogP contribution in [0.3, 0.4) is 0 Å². The van der Waals surface area contributed by atoms with E-state index in [0.717, 1.165) is 19.3 Å². The van der Waals surface area contributed by atoms with Gasteiger partial charge in [-0.1, -0.05) is 40.5 Å². The number of aliphatic carboxylic acids is 1. The highest BCUT2D eigenvalue weighted by atomic mass is 16.4. The highest BCUT2D eigenvalue weighted by Crippen LogP contribution is 2.09. The molecule has 0 heterocycles. The minimum atomic E-state index is -0.967. The first-order valence-corrected chi connectivity index (χ1v) is 5.93. The Morgan fingerprint density at radius 2 is 1.81 bits per heavy atom. The summed E-state index contributed by atoms with van der Waals surface area (Å²) in [6.07, 6.45) is 2.85. The van der Waals surface area contributed by atoms with Crippen LogP contribution in [0.15, 0.2) is 0 Å². The molecule has 4 heteroatoms. The molecular weight excluding hydrogens is 206 g/mol. The van der Waals surface area contributed by atoms with E-state index in [0.29, 0.717) is 0 Å². The molecule has 0 aliphatic carbocycles. The standard InChI is InChI=1S/C12H23NO3/c1-5-6-7-9(4)11(14)13-10(8(2)3)12(15)16/h8-10H,5-7H2,1-4H3,(H,13,14)(H,15,16). The molecule has 0 aromatic heterocycles. The first-order valence-electron chi connectivity index (χ1n) is 5.93. The maximum Gasteiger partial charge on any atom is 0.326 e. The van der Waals surface area contributed by atoms with Crippen LogP contribution in [-0.4, -0.2) is 23.0 Å². The lowest BCUT2D eigenvalue weighted by Gasteiger charge is -2.20. The van der Waals surface area contributed by atoms with Gasteiger partial charge < -0.3 is 10.4 Å². The summed E-state index contributed by atoms with van der Waals surface area (Å²) in [7, 11) is 0. The van der Waals surface area contributed by atoms with Crippen LogP contribution in [0, 0.1) is 11.8 Å². The third-order valence-corrected chi connectivity index (χ3v) is 2.67. The monoisotopic (exact) mass is 229 g/mol. The summed E-state index contributed by atoms with van der Waals surface area (Å²) in [6, 6.07) is -0.781. The van der Waals surface area contributed by atoms with Crippen molar-refractivity contribution in [2.75, 3.05) is 0 Å². The summed E-state index contributed by atoms with van der Waals surface area (Å²) in [6.45, 7) is 7.48. The molecule has 0 saturated heterocycles. The third kappa shape index (κ3) is 5.14. The van der Waals surface area contributed by atoms with Crippen molar-refractivity contribution in [1.82, 2.24) is 5.32 Å². The highest BCUT2D eigenvalue weighted by molar-refractivity contribution is 5.84. The maximum absolute atomic E-state index is 11.7. The fourth-order valence-corrected chi connectivity index (χ4v) is 1.45. The lowest BCUT2D eigenvalue weighted by molar-refractivity contribution is -0.143. The molecule has 0 radical (unpaired) electrons. The van der Waals surface area contributed by atoms with Crippen LogP contribution in [0.4, 0.5) is 0 Å². The van der Waals surface area contributed by atoms with Gasteiger partial charge in [-0.05, 0) is 12.3 Å². The molecule has 94 valence electrons. The Hall–Kier alpha value is -1.06. The number of carboxylic acids is 1. The molecule has 4 nitrogen and oxygen atoms in total. The Bertz CT molecular complexity index is 238. The molecule has 0 aliphatic heterocycles. The second kappa shape index (κ2) is 7.25. The van der Waals surface area contributed by atoms with E-state index in [4.69, 9.17) is 5.11 Å². The molecule has 1 amide bonds. The quantitative estimate of drug-likeness (QED) is 0.702. The molecule has 0 saturated carbocycles. The Balaban J connectivity index is 4.24. The molecular formula is C12H23NO3. The zero-order valence-corrected chi connectivity index (χ0v) is 10.6. The molecule has 0 aromatic rings. The van der Waals surface area contributed by atoms with E-state index >= 15 is 0 Å². The second-order valence-corrected chi connectivity index (χ2v) is 4.61.